The highest BCUT2D eigenvalue weighted by molar-refractivity contribution is 6.36. The van der Waals surface area contributed by atoms with Crippen molar-refractivity contribution in [2.24, 2.45) is 0 Å². The monoisotopic (exact) mass is 244 g/mol. The van der Waals surface area contributed by atoms with Gasteiger partial charge in [0.05, 0.1) is 23.0 Å². The summed E-state index contributed by atoms with van der Waals surface area (Å²) < 4.78 is 0. The summed E-state index contributed by atoms with van der Waals surface area (Å²) in [4.78, 5) is 27.7. The number of aromatic nitrogens is 1. The molecule has 1 saturated heterocycles. The van der Waals surface area contributed by atoms with Gasteiger partial charge in [-0.3, -0.25) is 14.5 Å². The van der Waals surface area contributed by atoms with Crippen molar-refractivity contribution in [1.82, 2.24) is 4.98 Å². The Morgan fingerprint density at radius 2 is 2.07 bits per heavy atom. The van der Waals surface area contributed by atoms with Crippen LogP contribution in [-0.4, -0.2) is 23.2 Å². The Labute approximate surface area is 95.8 Å². The Morgan fingerprint density at radius 3 is 2.60 bits per heavy atom. The van der Waals surface area contributed by atoms with Crippen molar-refractivity contribution in [3.8, 4) is 0 Å². The zero-order valence-corrected chi connectivity index (χ0v) is 9.05. The van der Waals surface area contributed by atoms with Gasteiger partial charge in [0.25, 0.3) is 0 Å². The lowest BCUT2D eigenvalue weighted by molar-refractivity contribution is -0.121. The molecule has 0 N–H and O–H groups in total. The number of amides is 1. The molecule has 2 rings (SSSR count). The number of anilines is 1. The number of hydrogen-bond acceptors (Lipinski definition) is 3. The molecule has 0 aliphatic carbocycles. The van der Waals surface area contributed by atoms with Gasteiger partial charge in [-0.05, 0) is 6.07 Å². The third kappa shape index (κ3) is 1.96. The maximum atomic E-state index is 11.4. The number of hydrogen-bond donors (Lipinski definition) is 0. The second-order valence-electron chi connectivity index (χ2n) is 3.15. The molecule has 78 valence electrons. The molecule has 2 heterocycles. The third-order valence-corrected chi connectivity index (χ3v) is 2.51. The summed E-state index contributed by atoms with van der Waals surface area (Å²) in [6.07, 6.45) is 1.31. The summed E-state index contributed by atoms with van der Waals surface area (Å²) in [6.45, 7) is 0.0349. The average molecular weight is 245 g/mol. The molecule has 0 radical (unpaired) electrons. The van der Waals surface area contributed by atoms with Crippen molar-refractivity contribution in [3.05, 3.63) is 22.3 Å². The average Bonchev–Trinajstić information content (AvgIpc) is 2.45. The molecular weight excluding hydrogens is 239 g/mol. The van der Waals surface area contributed by atoms with Gasteiger partial charge in [-0.2, -0.15) is 0 Å². The minimum atomic E-state index is -0.281. The molecule has 1 aromatic rings. The number of nitrogens with zero attached hydrogens (tertiary/aromatic N) is 2. The molecule has 6 heteroatoms. The Morgan fingerprint density at radius 1 is 1.33 bits per heavy atom. The Bertz CT molecular complexity index is 448. The van der Waals surface area contributed by atoms with Crippen molar-refractivity contribution >= 4 is 40.7 Å². The van der Waals surface area contributed by atoms with Gasteiger partial charge in [0.1, 0.15) is 0 Å². The second kappa shape index (κ2) is 3.79. The van der Waals surface area contributed by atoms with E-state index >= 15 is 0 Å². The highest BCUT2D eigenvalue weighted by Crippen LogP contribution is 2.28. The number of halogens is 2. The maximum absolute atomic E-state index is 11.4. The van der Waals surface area contributed by atoms with Crippen LogP contribution in [0.1, 0.15) is 6.42 Å². The molecule has 0 saturated carbocycles. The quantitative estimate of drug-likeness (QED) is 0.707. The first-order valence-corrected chi connectivity index (χ1v) is 4.96. The van der Waals surface area contributed by atoms with Crippen LogP contribution in [0.25, 0.3) is 0 Å². The zero-order chi connectivity index (χ0) is 11.0. The van der Waals surface area contributed by atoms with E-state index in [-0.39, 0.29) is 35.5 Å². The molecule has 4 nitrogen and oxygen atoms in total. The number of rotatable bonds is 1. The van der Waals surface area contributed by atoms with Crippen LogP contribution in [0, 0.1) is 0 Å². The fourth-order valence-corrected chi connectivity index (χ4v) is 1.87. The first kappa shape index (κ1) is 10.4. The van der Waals surface area contributed by atoms with E-state index in [1.165, 1.54) is 17.2 Å². The van der Waals surface area contributed by atoms with Crippen LogP contribution in [0.3, 0.4) is 0 Å². The third-order valence-electron chi connectivity index (χ3n) is 2.03. The predicted molar refractivity (Wildman–Crippen MR) is 56.2 cm³/mol. The lowest BCUT2D eigenvalue weighted by atomic mass is 10.3. The summed E-state index contributed by atoms with van der Waals surface area (Å²) >= 11 is 11.5. The van der Waals surface area contributed by atoms with Crippen LogP contribution in [-0.2, 0) is 9.59 Å². The molecule has 0 aromatic carbocycles. The van der Waals surface area contributed by atoms with Crippen LogP contribution in [0.5, 0.6) is 0 Å². The van der Waals surface area contributed by atoms with E-state index in [1.807, 2.05) is 0 Å². The summed E-state index contributed by atoms with van der Waals surface area (Å²) in [5, 5.41) is 0.660. The van der Waals surface area contributed by atoms with Gasteiger partial charge in [0, 0.05) is 6.20 Å². The van der Waals surface area contributed by atoms with E-state index in [0.29, 0.717) is 5.02 Å². The van der Waals surface area contributed by atoms with Crippen molar-refractivity contribution in [3.63, 3.8) is 0 Å². The Hall–Kier alpha value is -1.13. The Kier molecular flexibility index (Phi) is 2.63. The minimum Gasteiger partial charge on any atom is -0.297 e. The molecule has 1 amide bonds. The highest BCUT2D eigenvalue weighted by Gasteiger charge is 2.30. The highest BCUT2D eigenvalue weighted by atomic mass is 35.5. The number of ketones is 1. The molecule has 0 spiro atoms. The Balaban J connectivity index is 2.38. The lowest BCUT2D eigenvalue weighted by Gasteiger charge is -2.14. The van der Waals surface area contributed by atoms with E-state index in [9.17, 15) is 9.59 Å². The van der Waals surface area contributed by atoms with Gasteiger partial charge in [0.2, 0.25) is 5.91 Å². The van der Waals surface area contributed by atoms with Crippen LogP contribution < -0.4 is 4.90 Å². The van der Waals surface area contributed by atoms with E-state index in [1.54, 1.807) is 0 Å². The molecular formula is C9H6Cl2N2O2. The van der Waals surface area contributed by atoms with Crippen LogP contribution in [0.2, 0.25) is 10.0 Å². The summed E-state index contributed by atoms with van der Waals surface area (Å²) in [6, 6.07) is 1.49. The van der Waals surface area contributed by atoms with Crippen LogP contribution >= 0.6 is 23.2 Å². The molecule has 0 unspecified atom stereocenters. The van der Waals surface area contributed by atoms with Crippen LogP contribution in [0.4, 0.5) is 5.82 Å². The standard InChI is InChI=1S/C9H6Cl2N2O2/c10-5-1-7(11)9(12-3-5)13-4-6(14)2-8(13)15/h1,3H,2,4H2. The summed E-state index contributed by atoms with van der Waals surface area (Å²) in [5.41, 5.74) is 0. The van der Waals surface area contributed by atoms with E-state index in [4.69, 9.17) is 23.2 Å². The van der Waals surface area contributed by atoms with Gasteiger partial charge in [-0.1, -0.05) is 23.2 Å². The number of carbonyl (C=O) groups is 2. The van der Waals surface area contributed by atoms with Gasteiger partial charge >= 0.3 is 0 Å². The largest absolute Gasteiger partial charge is 0.297 e. The SMILES string of the molecule is O=C1CC(=O)N(c2ncc(Cl)cc2Cl)C1. The maximum Gasteiger partial charge on any atom is 0.236 e. The molecule has 1 fully saturated rings. The first-order valence-electron chi connectivity index (χ1n) is 4.21. The van der Waals surface area contributed by atoms with Gasteiger partial charge in [-0.15, -0.1) is 0 Å². The molecule has 1 aliphatic heterocycles. The van der Waals surface area contributed by atoms with Crippen molar-refractivity contribution < 1.29 is 9.59 Å². The van der Waals surface area contributed by atoms with Crippen molar-refractivity contribution in [1.29, 1.82) is 0 Å². The molecule has 1 aromatic heterocycles. The van der Waals surface area contributed by atoms with E-state index in [0.717, 1.165) is 0 Å². The number of Topliss-reactive ketones (excluding diaryl/α,β-unsaturated/α-hetero) is 1. The fraction of sp³-hybridized carbons (Fsp3) is 0.222. The number of pyridine rings is 1. The first-order chi connectivity index (χ1) is 7.08. The molecule has 0 atom stereocenters. The van der Waals surface area contributed by atoms with Gasteiger partial charge in [-0.25, -0.2) is 4.98 Å². The molecule has 1 aliphatic rings. The molecule has 15 heavy (non-hydrogen) atoms. The van der Waals surface area contributed by atoms with E-state index < -0.39 is 0 Å². The predicted octanol–water partition coefficient (Wildman–Crippen LogP) is 1.69. The zero-order valence-electron chi connectivity index (χ0n) is 7.54. The number of carbonyl (C=O) groups excluding carboxylic acids is 2. The van der Waals surface area contributed by atoms with Gasteiger partial charge < -0.3 is 0 Å². The van der Waals surface area contributed by atoms with E-state index in [2.05, 4.69) is 4.98 Å². The topological polar surface area (TPSA) is 50.3 Å². The van der Waals surface area contributed by atoms with Crippen molar-refractivity contribution in [2.45, 2.75) is 6.42 Å². The second-order valence-corrected chi connectivity index (χ2v) is 4.00. The fourth-order valence-electron chi connectivity index (χ4n) is 1.38. The minimum absolute atomic E-state index is 0.0349. The van der Waals surface area contributed by atoms with Crippen LogP contribution in [0.15, 0.2) is 12.3 Å². The summed E-state index contributed by atoms with van der Waals surface area (Å²) in [5.74, 6) is -0.124. The molecule has 0 bridgehead atoms. The smallest absolute Gasteiger partial charge is 0.236 e. The lowest BCUT2D eigenvalue weighted by Crippen LogP contribution is -2.25. The van der Waals surface area contributed by atoms with Gasteiger partial charge in [0.15, 0.2) is 11.6 Å². The summed E-state index contributed by atoms with van der Waals surface area (Å²) in [7, 11) is 0. The van der Waals surface area contributed by atoms with Crippen molar-refractivity contribution in [2.75, 3.05) is 11.4 Å². The normalized spacial score (nSPS) is 16.3.